The van der Waals surface area contributed by atoms with Crippen molar-refractivity contribution in [1.82, 2.24) is 24.9 Å². The number of aromatic nitrogens is 4. The van der Waals surface area contributed by atoms with Gasteiger partial charge in [-0.3, -0.25) is 9.20 Å². The van der Waals surface area contributed by atoms with Gasteiger partial charge in [-0.25, -0.2) is 4.98 Å². The minimum atomic E-state index is -0.00592. The van der Waals surface area contributed by atoms with Gasteiger partial charge < -0.3 is 5.32 Å². The molecule has 0 spiro atoms. The average Bonchev–Trinajstić information content (AvgIpc) is 3.15. The number of fused-ring (bicyclic) bond motifs is 3. The molecule has 4 aromatic rings. The van der Waals surface area contributed by atoms with Gasteiger partial charge in [-0.05, 0) is 18.6 Å². The molecule has 0 aliphatic carbocycles. The van der Waals surface area contributed by atoms with Gasteiger partial charge in [-0.15, -0.1) is 10.2 Å². The molecule has 0 saturated heterocycles. The molecule has 7 heteroatoms. The second kappa shape index (κ2) is 7.75. The zero-order valence-corrected chi connectivity index (χ0v) is 15.7. The summed E-state index contributed by atoms with van der Waals surface area (Å²) >= 11 is 1.37. The highest BCUT2D eigenvalue weighted by molar-refractivity contribution is 7.99. The Morgan fingerprint density at radius 3 is 2.67 bits per heavy atom. The summed E-state index contributed by atoms with van der Waals surface area (Å²) in [6, 6.07) is 17.8. The number of rotatable bonds is 6. The molecule has 0 bridgehead atoms. The molecule has 1 N–H and O–H groups in total. The first-order valence-electron chi connectivity index (χ1n) is 8.86. The molecular weight excluding hydrogens is 358 g/mol. The third-order valence-corrected chi connectivity index (χ3v) is 5.08. The van der Waals surface area contributed by atoms with Crippen molar-refractivity contribution in [1.29, 1.82) is 0 Å². The van der Waals surface area contributed by atoms with Crippen molar-refractivity contribution in [2.45, 2.75) is 18.5 Å². The van der Waals surface area contributed by atoms with Gasteiger partial charge in [0.15, 0.2) is 10.8 Å². The van der Waals surface area contributed by atoms with Crippen molar-refractivity contribution in [2.24, 2.45) is 0 Å². The number of para-hydroxylation sites is 1. The van der Waals surface area contributed by atoms with Gasteiger partial charge in [0.25, 0.3) is 0 Å². The van der Waals surface area contributed by atoms with Crippen LogP contribution in [0, 0.1) is 0 Å². The fourth-order valence-electron chi connectivity index (χ4n) is 2.88. The Bertz CT molecular complexity index is 1090. The Morgan fingerprint density at radius 2 is 1.85 bits per heavy atom. The SMILES string of the molecule is CCCNC(=O)CSc1nnc2c3ccccc3nc(-c3ccccc3)n12. The molecule has 2 heterocycles. The van der Waals surface area contributed by atoms with E-state index >= 15 is 0 Å². The van der Waals surface area contributed by atoms with Crippen LogP contribution >= 0.6 is 11.8 Å². The number of amides is 1. The summed E-state index contributed by atoms with van der Waals surface area (Å²) in [7, 11) is 0. The van der Waals surface area contributed by atoms with Crippen LogP contribution in [0.15, 0.2) is 59.8 Å². The molecule has 4 rings (SSSR count). The number of thioether (sulfide) groups is 1. The summed E-state index contributed by atoms with van der Waals surface area (Å²) in [6.45, 7) is 2.71. The van der Waals surface area contributed by atoms with Crippen LogP contribution in [0.4, 0.5) is 0 Å². The lowest BCUT2D eigenvalue weighted by Gasteiger charge is -2.09. The lowest BCUT2D eigenvalue weighted by atomic mass is 10.2. The Kier molecular flexibility index (Phi) is 5.02. The molecule has 0 fully saturated rings. The minimum Gasteiger partial charge on any atom is -0.355 e. The highest BCUT2D eigenvalue weighted by Crippen LogP contribution is 2.28. The molecule has 0 unspecified atom stereocenters. The fraction of sp³-hybridized carbons (Fsp3) is 0.200. The number of hydrogen-bond donors (Lipinski definition) is 1. The molecule has 0 saturated carbocycles. The Labute approximate surface area is 161 Å². The standard InChI is InChI=1S/C20H19N5OS/c1-2-12-21-17(26)13-27-20-24-23-19-15-10-6-7-11-16(15)22-18(25(19)20)14-8-4-3-5-9-14/h3-11H,2,12-13H2,1H3,(H,21,26). The lowest BCUT2D eigenvalue weighted by Crippen LogP contribution is -2.25. The van der Waals surface area contributed by atoms with Crippen LogP contribution in [0.5, 0.6) is 0 Å². The van der Waals surface area contributed by atoms with Crippen molar-refractivity contribution in [2.75, 3.05) is 12.3 Å². The Balaban J connectivity index is 1.81. The molecular formula is C20H19N5OS. The third kappa shape index (κ3) is 3.50. The number of nitrogens with one attached hydrogen (secondary N) is 1. The second-order valence-corrected chi connectivity index (χ2v) is 7.04. The van der Waals surface area contributed by atoms with Gasteiger partial charge in [-0.2, -0.15) is 0 Å². The maximum absolute atomic E-state index is 12.0. The van der Waals surface area contributed by atoms with E-state index in [0.29, 0.717) is 17.5 Å². The number of carbonyl (C=O) groups excluding carboxylic acids is 1. The first-order valence-corrected chi connectivity index (χ1v) is 9.85. The third-order valence-electron chi connectivity index (χ3n) is 4.15. The molecule has 1 amide bonds. The van der Waals surface area contributed by atoms with Crippen LogP contribution in [0.3, 0.4) is 0 Å². The first kappa shape index (κ1) is 17.5. The normalized spacial score (nSPS) is 11.1. The lowest BCUT2D eigenvalue weighted by molar-refractivity contribution is -0.118. The largest absolute Gasteiger partial charge is 0.355 e. The van der Waals surface area contributed by atoms with Gasteiger partial charge in [0.05, 0.1) is 11.3 Å². The van der Waals surface area contributed by atoms with Crippen molar-refractivity contribution in [3.8, 4) is 11.4 Å². The molecule has 0 atom stereocenters. The van der Waals surface area contributed by atoms with Crippen LogP contribution < -0.4 is 5.32 Å². The molecule has 0 radical (unpaired) electrons. The van der Waals surface area contributed by atoms with Crippen molar-refractivity contribution in [3.63, 3.8) is 0 Å². The number of carbonyl (C=O) groups is 1. The molecule has 0 aliphatic rings. The van der Waals surface area contributed by atoms with E-state index in [1.165, 1.54) is 11.8 Å². The monoisotopic (exact) mass is 377 g/mol. The maximum atomic E-state index is 12.0. The predicted octanol–water partition coefficient (Wildman–Crippen LogP) is 3.56. The molecule has 136 valence electrons. The second-order valence-electron chi connectivity index (χ2n) is 6.10. The minimum absolute atomic E-state index is 0.00592. The molecule has 0 aliphatic heterocycles. The summed E-state index contributed by atoms with van der Waals surface area (Å²) in [6.07, 6.45) is 0.915. The van der Waals surface area contributed by atoms with E-state index in [-0.39, 0.29) is 5.91 Å². The van der Waals surface area contributed by atoms with Gasteiger partial charge in [0.2, 0.25) is 5.91 Å². The van der Waals surface area contributed by atoms with E-state index in [1.54, 1.807) is 0 Å². The highest BCUT2D eigenvalue weighted by Gasteiger charge is 2.17. The van der Waals surface area contributed by atoms with E-state index in [0.717, 1.165) is 34.4 Å². The van der Waals surface area contributed by atoms with E-state index in [4.69, 9.17) is 4.98 Å². The Hall–Kier alpha value is -2.93. The molecule has 2 aromatic heterocycles. The maximum Gasteiger partial charge on any atom is 0.230 e. The quantitative estimate of drug-likeness (QED) is 0.520. The zero-order chi connectivity index (χ0) is 18.6. The topological polar surface area (TPSA) is 72.2 Å². The van der Waals surface area contributed by atoms with Crippen LogP contribution in [0.25, 0.3) is 27.9 Å². The van der Waals surface area contributed by atoms with Crippen LogP contribution in [0.1, 0.15) is 13.3 Å². The van der Waals surface area contributed by atoms with E-state index in [9.17, 15) is 4.79 Å². The van der Waals surface area contributed by atoms with E-state index in [2.05, 4.69) is 15.5 Å². The van der Waals surface area contributed by atoms with Gasteiger partial charge in [0, 0.05) is 17.5 Å². The van der Waals surface area contributed by atoms with Crippen molar-refractivity contribution < 1.29 is 4.79 Å². The Morgan fingerprint density at radius 1 is 1.07 bits per heavy atom. The van der Waals surface area contributed by atoms with Crippen LogP contribution in [-0.2, 0) is 4.79 Å². The van der Waals surface area contributed by atoms with Gasteiger partial charge >= 0.3 is 0 Å². The smallest absolute Gasteiger partial charge is 0.230 e. The highest BCUT2D eigenvalue weighted by atomic mass is 32.2. The van der Waals surface area contributed by atoms with Crippen molar-refractivity contribution >= 4 is 34.2 Å². The van der Waals surface area contributed by atoms with Crippen LogP contribution in [-0.4, -0.2) is 37.8 Å². The number of benzene rings is 2. The summed E-state index contributed by atoms with van der Waals surface area (Å²) in [5, 5.41) is 13.2. The van der Waals surface area contributed by atoms with Crippen molar-refractivity contribution in [3.05, 3.63) is 54.6 Å². The summed E-state index contributed by atoms with van der Waals surface area (Å²) in [5.74, 6) is 1.06. The summed E-state index contributed by atoms with van der Waals surface area (Å²) in [4.78, 5) is 16.8. The summed E-state index contributed by atoms with van der Waals surface area (Å²) in [5.41, 5.74) is 2.59. The number of nitrogens with zero attached hydrogens (tertiary/aromatic N) is 4. The van der Waals surface area contributed by atoms with Gasteiger partial charge in [-0.1, -0.05) is 61.2 Å². The predicted molar refractivity (Wildman–Crippen MR) is 108 cm³/mol. The molecule has 2 aromatic carbocycles. The fourth-order valence-corrected chi connectivity index (χ4v) is 3.64. The summed E-state index contributed by atoms with van der Waals surface area (Å²) < 4.78 is 1.94. The zero-order valence-electron chi connectivity index (χ0n) is 14.9. The van der Waals surface area contributed by atoms with E-state index in [1.807, 2.05) is 65.9 Å². The van der Waals surface area contributed by atoms with Crippen LogP contribution in [0.2, 0.25) is 0 Å². The first-order chi connectivity index (χ1) is 13.3. The van der Waals surface area contributed by atoms with E-state index < -0.39 is 0 Å². The molecule has 27 heavy (non-hydrogen) atoms. The number of hydrogen-bond acceptors (Lipinski definition) is 5. The molecule has 6 nitrogen and oxygen atoms in total. The average molecular weight is 377 g/mol. The van der Waals surface area contributed by atoms with Gasteiger partial charge in [0.1, 0.15) is 5.82 Å².